The highest BCUT2D eigenvalue weighted by Gasteiger charge is 2.28. The van der Waals surface area contributed by atoms with Gasteiger partial charge in [0.1, 0.15) is 0 Å². The second kappa shape index (κ2) is 4.58. The van der Waals surface area contributed by atoms with E-state index >= 15 is 0 Å². The average Bonchev–Trinajstić information content (AvgIpc) is 2.82. The third kappa shape index (κ3) is 2.73. The maximum Gasteiger partial charge on any atom is 0.355 e. The zero-order chi connectivity index (χ0) is 12.5. The standard InChI is InChI=1S/C10H14N2O4S/c13-10(14)9-5-8(17(15,16)12-9)6-11-7-3-1-2-4-7/h5,7,11H,1-4,6H2,(H,13,14). The number of aliphatic carboxylic acids is 1. The third-order valence-corrected chi connectivity index (χ3v) is 4.35. The van der Waals surface area contributed by atoms with Crippen molar-refractivity contribution in [1.82, 2.24) is 5.32 Å². The third-order valence-electron chi connectivity index (χ3n) is 2.99. The van der Waals surface area contributed by atoms with Crippen LogP contribution in [0.25, 0.3) is 0 Å². The zero-order valence-electron chi connectivity index (χ0n) is 9.22. The highest BCUT2D eigenvalue weighted by molar-refractivity contribution is 7.94. The Morgan fingerprint density at radius 3 is 2.65 bits per heavy atom. The van der Waals surface area contributed by atoms with Gasteiger partial charge in [-0.1, -0.05) is 12.8 Å². The maximum absolute atomic E-state index is 11.5. The van der Waals surface area contributed by atoms with E-state index in [2.05, 4.69) is 9.71 Å². The normalized spacial score (nSPS) is 23.5. The summed E-state index contributed by atoms with van der Waals surface area (Å²) in [7, 11) is -3.77. The predicted molar refractivity (Wildman–Crippen MR) is 62.3 cm³/mol. The number of carboxylic acids is 1. The van der Waals surface area contributed by atoms with Crippen LogP contribution in [0.3, 0.4) is 0 Å². The topological polar surface area (TPSA) is 95.8 Å². The molecule has 2 N–H and O–H groups in total. The van der Waals surface area contributed by atoms with Crippen LogP contribution in [-0.2, 0) is 14.8 Å². The van der Waals surface area contributed by atoms with Crippen LogP contribution in [0.2, 0.25) is 0 Å². The molecule has 6 nitrogen and oxygen atoms in total. The first kappa shape index (κ1) is 12.3. The van der Waals surface area contributed by atoms with Crippen LogP contribution in [0.4, 0.5) is 0 Å². The molecule has 2 rings (SSSR count). The fourth-order valence-corrected chi connectivity index (χ4v) is 3.09. The molecule has 0 spiro atoms. The molecule has 1 saturated carbocycles. The molecule has 7 heteroatoms. The largest absolute Gasteiger partial charge is 0.476 e. The van der Waals surface area contributed by atoms with Gasteiger partial charge in [-0.15, -0.1) is 0 Å². The Morgan fingerprint density at radius 2 is 2.12 bits per heavy atom. The SMILES string of the molecule is O=C(O)C1=NS(=O)(=O)C(CNC2CCCC2)=C1. The van der Waals surface area contributed by atoms with E-state index in [1.807, 2.05) is 0 Å². The number of carbonyl (C=O) groups is 1. The summed E-state index contributed by atoms with van der Waals surface area (Å²) in [6, 6.07) is 0.333. The number of hydrogen-bond donors (Lipinski definition) is 2. The summed E-state index contributed by atoms with van der Waals surface area (Å²) in [5, 5.41) is 11.8. The van der Waals surface area contributed by atoms with Crippen molar-refractivity contribution in [1.29, 1.82) is 0 Å². The number of hydrogen-bond acceptors (Lipinski definition) is 4. The summed E-state index contributed by atoms with van der Waals surface area (Å²) < 4.78 is 26.2. The molecule has 0 unspecified atom stereocenters. The molecule has 1 heterocycles. The molecular formula is C10H14N2O4S. The summed E-state index contributed by atoms with van der Waals surface area (Å²) in [6.07, 6.45) is 5.51. The van der Waals surface area contributed by atoms with Gasteiger partial charge in [0.05, 0.1) is 4.91 Å². The smallest absolute Gasteiger partial charge is 0.355 e. The van der Waals surface area contributed by atoms with Gasteiger partial charge in [0.15, 0.2) is 5.71 Å². The average molecular weight is 258 g/mol. The van der Waals surface area contributed by atoms with Crippen LogP contribution >= 0.6 is 0 Å². The molecule has 0 saturated heterocycles. The number of nitrogens with zero attached hydrogens (tertiary/aromatic N) is 1. The maximum atomic E-state index is 11.5. The minimum atomic E-state index is -3.77. The molecular weight excluding hydrogens is 244 g/mol. The molecule has 2 aliphatic rings. The minimum Gasteiger partial charge on any atom is -0.476 e. The second-order valence-electron chi connectivity index (χ2n) is 4.23. The van der Waals surface area contributed by atoms with Crippen molar-refractivity contribution in [3.05, 3.63) is 11.0 Å². The van der Waals surface area contributed by atoms with Gasteiger partial charge in [0.2, 0.25) is 0 Å². The Labute approximate surface area is 99.5 Å². The van der Waals surface area contributed by atoms with Gasteiger partial charge < -0.3 is 10.4 Å². The van der Waals surface area contributed by atoms with E-state index in [1.165, 1.54) is 0 Å². The minimum absolute atomic E-state index is 0.0433. The van der Waals surface area contributed by atoms with Crippen molar-refractivity contribution in [3.63, 3.8) is 0 Å². The molecule has 0 aromatic heterocycles. The quantitative estimate of drug-likeness (QED) is 0.754. The molecule has 1 aliphatic heterocycles. The summed E-state index contributed by atoms with van der Waals surface area (Å²) in [5.41, 5.74) is -0.409. The van der Waals surface area contributed by atoms with Gasteiger partial charge in [0, 0.05) is 12.6 Å². The zero-order valence-corrected chi connectivity index (χ0v) is 10.0. The van der Waals surface area contributed by atoms with Crippen LogP contribution < -0.4 is 5.32 Å². The van der Waals surface area contributed by atoms with Crippen molar-refractivity contribution in [2.45, 2.75) is 31.7 Å². The fourth-order valence-electron chi connectivity index (χ4n) is 2.06. The van der Waals surface area contributed by atoms with Gasteiger partial charge in [-0.3, -0.25) is 0 Å². The van der Waals surface area contributed by atoms with E-state index in [0.717, 1.165) is 31.8 Å². The van der Waals surface area contributed by atoms with Gasteiger partial charge in [-0.05, 0) is 18.9 Å². The molecule has 17 heavy (non-hydrogen) atoms. The van der Waals surface area contributed by atoms with Crippen LogP contribution in [-0.4, -0.2) is 37.8 Å². The highest BCUT2D eigenvalue weighted by atomic mass is 32.2. The van der Waals surface area contributed by atoms with Gasteiger partial charge in [-0.25, -0.2) is 4.79 Å². The van der Waals surface area contributed by atoms with E-state index in [4.69, 9.17) is 5.11 Å². The first-order valence-corrected chi connectivity index (χ1v) is 6.95. The van der Waals surface area contributed by atoms with Gasteiger partial charge in [0.25, 0.3) is 10.0 Å². The lowest BCUT2D eigenvalue weighted by Gasteiger charge is -2.11. The Bertz CT molecular complexity index is 486. The molecule has 0 atom stereocenters. The summed E-state index contributed by atoms with van der Waals surface area (Å²) in [4.78, 5) is 10.7. The van der Waals surface area contributed by atoms with E-state index in [-0.39, 0.29) is 11.4 Å². The van der Waals surface area contributed by atoms with Gasteiger partial charge >= 0.3 is 5.97 Å². The molecule has 0 aromatic rings. The Hall–Kier alpha value is -1.21. The van der Waals surface area contributed by atoms with Crippen molar-refractivity contribution in [2.75, 3.05) is 6.54 Å². The van der Waals surface area contributed by atoms with E-state index in [9.17, 15) is 13.2 Å². The van der Waals surface area contributed by atoms with Crippen molar-refractivity contribution >= 4 is 21.7 Å². The molecule has 1 fully saturated rings. The number of carboxylic acid groups (broad SMARTS) is 1. The lowest BCUT2D eigenvalue weighted by Crippen LogP contribution is -2.29. The molecule has 1 aliphatic carbocycles. The van der Waals surface area contributed by atoms with Crippen LogP contribution in [0.5, 0.6) is 0 Å². The monoisotopic (exact) mass is 258 g/mol. The number of sulfonamides is 1. The lowest BCUT2D eigenvalue weighted by molar-refractivity contribution is -0.129. The highest BCUT2D eigenvalue weighted by Crippen LogP contribution is 2.20. The van der Waals surface area contributed by atoms with Crippen LogP contribution in [0.15, 0.2) is 15.4 Å². The Morgan fingerprint density at radius 1 is 1.47 bits per heavy atom. The molecule has 0 radical (unpaired) electrons. The Balaban J connectivity index is 2.02. The first-order chi connectivity index (χ1) is 7.99. The van der Waals surface area contributed by atoms with Crippen molar-refractivity contribution < 1.29 is 18.3 Å². The van der Waals surface area contributed by atoms with E-state index < -0.39 is 21.7 Å². The van der Waals surface area contributed by atoms with E-state index in [0.29, 0.717) is 6.04 Å². The van der Waals surface area contributed by atoms with Crippen molar-refractivity contribution in [3.8, 4) is 0 Å². The summed E-state index contributed by atoms with van der Waals surface area (Å²) >= 11 is 0. The first-order valence-electron chi connectivity index (χ1n) is 5.51. The number of rotatable bonds is 4. The van der Waals surface area contributed by atoms with Crippen LogP contribution in [0.1, 0.15) is 25.7 Å². The fraction of sp³-hybridized carbons (Fsp3) is 0.600. The second-order valence-corrected chi connectivity index (χ2v) is 5.89. The van der Waals surface area contributed by atoms with Crippen LogP contribution in [0, 0.1) is 0 Å². The molecule has 94 valence electrons. The molecule has 0 bridgehead atoms. The van der Waals surface area contributed by atoms with Crippen molar-refractivity contribution in [2.24, 2.45) is 4.40 Å². The predicted octanol–water partition coefficient (Wildman–Crippen LogP) is 0.272. The lowest BCUT2D eigenvalue weighted by atomic mass is 10.2. The summed E-state index contributed by atoms with van der Waals surface area (Å²) in [5.74, 6) is -1.32. The summed E-state index contributed by atoms with van der Waals surface area (Å²) in [6.45, 7) is 0.160. The molecule has 0 amide bonds. The van der Waals surface area contributed by atoms with Gasteiger partial charge in [-0.2, -0.15) is 12.8 Å². The Kier molecular flexibility index (Phi) is 3.30. The molecule has 0 aromatic carbocycles. The number of nitrogens with one attached hydrogen (secondary N) is 1. The van der Waals surface area contributed by atoms with E-state index in [1.54, 1.807) is 0 Å².